The van der Waals surface area contributed by atoms with E-state index in [0.717, 1.165) is 37.9 Å². The van der Waals surface area contributed by atoms with E-state index in [1.807, 2.05) is 4.90 Å². The summed E-state index contributed by atoms with van der Waals surface area (Å²) in [7, 11) is 0. The van der Waals surface area contributed by atoms with Crippen LogP contribution < -0.4 is 11.5 Å². The molecule has 4 N–H and O–H groups in total. The molecule has 1 heterocycles. The van der Waals surface area contributed by atoms with E-state index in [0.29, 0.717) is 17.7 Å². The third-order valence-electron chi connectivity index (χ3n) is 4.00. The fraction of sp³-hybridized carbons (Fsp3) is 0.529. The van der Waals surface area contributed by atoms with Crippen molar-refractivity contribution in [3.63, 3.8) is 0 Å². The lowest BCUT2D eigenvalue weighted by atomic mass is 9.93. The Morgan fingerprint density at radius 2 is 1.87 bits per heavy atom. The van der Waals surface area contributed by atoms with Gasteiger partial charge in [-0.1, -0.05) is 0 Å². The lowest BCUT2D eigenvalue weighted by Crippen LogP contribution is -2.37. The van der Waals surface area contributed by atoms with Crippen LogP contribution in [0.25, 0.3) is 0 Å². The molecule has 0 unspecified atom stereocenters. The van der Waals surface area contributed by atoms with Gasteiger partial charge >= 0.3 is 6.09 Å². The highest BCUT2D eigenvalue weighted by atomic mass is 16.6. The van der Waals surface area contributed by atoms with Gasteiger partial charge in [0.1, 0.15) is 5.60 Å². The zero-order valence-corrected chi connectivity index (χ0v) is 13.8. The van der Waals surface area contributed by atoms with Crippen LogP contribution in [0.3, 0.4) is 0 Å². The van der Waals surface area contributed by atoms with Crippen LogP contribution in [0, 0.1) is 0 Å². The summed E-state index contributed by atoms with van der Waals surface area (Å²) in [5.74, 6) is 0.00887. The maximum absolute atomic E-state index is 12.8. The Bertz CT molecular complexity index is 593. The summed E-state index contributed by atoms with van der Waals surface area (Å²) < 4.78 is 5.13. The second kappa shape index (κ2) is 6.89. The Morgan fingerprint density at radius 1 is 1.22 bits per heavy atom. The van der Waals surface area contributed by atoms with Crippen LogP contribution in [-0.2, 0) is 11.2 Å². The maximum atomic E-state index is 12.8. The number of anilines is 1. The third kappa shape index (κ3) is 4.61. The third-order valence-corrected chi connectivity index (χ3v) is 4.00. The highest BCUT2D eigenvalue weighted by Gasteiger charge is 2.27. The molecule has 2 rings (SSSR count). The van der Waals surface area contributed by atoms with Gasteiger partial charge in [-0.2, -0.15) is 0 Å². The molecule has 0 aliphatic carbocycles. The first kappa shape index (κ1) is 17.1. The lowest BCUT2D eigenvalue weighted by molar-refractivity contribution is 0.0458. The van der Waals surface area contributed by atoms with Crippen molar-refractivity contribution >= 4 is 17.7 Å². The number of amides is 2. The minimum Gasteiger partial charge on any atom is -0.443 e. The quantitative estimate of drug-likeness (QED) is 0.832. The Morgan fingerprint density at radius 3 is 2.48 bits per heavy atom. The van der Waals surface area contributed by atoms with Gasteiger partial charge in [0.2, 0.25) is 0 Å². The number of carbonyl (C=O) groups excluding carboxylic acids is 2. The van der Waals surface area contributed by atoms with Crippen molar-refractivity contribution in [3.05, 3.63) is 29.3 Å². The SMILES string of the molecule is CC(C)(Cc1cc(N)ccc1C(=O)N1CCCCC1)OC(N)=O. The molecule has 1 saturated heterocycles. The first-order valence-corrected chi connectivity index (χ1v) is 7.95. The molecule has 1 aromatic carbocycles. The van der Waals surface area contributed by atoms with Gasteiger partial charge in [0.25, 0.3) is 5.91 Å². The summed E-state index contributed by atoms with van der Waals surface area (Å²) in [6, 6.07) is 5.24. The first-order chi connectivity index (χ1) is 10.8. The predicted molar refractivity (Wildman–Crippen MR) is 89.1 cm³/mol. The number of primary amides is 1. The second-order valence-corrected chi connectivity index (χ2v) is 6.63. The van der Waals surface area contributed by atoms with E-state index in [1.54, 1.807) is 32.0 Å². The smallest absolute Gasteiger partial charge is 0.405 e. The Labute approximate surface area is 136 Å². The number of benzene rings is 1. The number of hydrogen-bond donors (Lipinski definition) is 2. The molecule has 0 radical (unpaired) electrons. The molecular formula is C17H25N3O3. The number of likely N-dealkylation sites (tertiary alicyclic amines) is 1. The van der Waals surface area contributed by atoms with Crippen LogP contribution in [0.5, 0.6) is 0 Å². The van der Waals surface area contributed by atoms with Gasteiger partial charge < -0.3 is 21.1 Å². The molecule has 23 heavy (non-hydrogen) atoms. The van der Waals surface area contributed by atoms with Gasteiger partial charge in [-0.3, -0.25) is 4.79 Å². The van der Waals surface area contributed by atoms with Gasteiger partial charge in [0.15, 0.2) is 0 Å². The normalized spacial score (nSPS) is 15.3. The highest BCUT2D eigenvalue weighted by Crippen LogP contribution is 2.24. The van der Waals surface area contributed by atoms with E-state index < -0.39 is 11.7 Å². The zero-order valence-electron chi connectivity index (χ0n) is 13.8. The number of nitrogens with two attached hydrogens (primary N) is 2. The van der Waals surface area contributed by atoms with Crippen LogP contribution in [0.4, 0.5) is 10.5 Å². The van der Waals surface area contributed by atoms with Gasteiger partial charge in [-0.25, -0.2) is 4.79 Å². The molecule has 6 nitrogen and oxygen atoms in total. The number of rotatable bonds is 4. The maximum Gasteiger partial charge on any atom is 0.405 e. The first-order valence-electron chi connectivity index (χ1n) is 7.95. The van der Waals surface area contributed by atoms with E-state index in [9.17, 15) is 9.59 Å². The van der Waals surface area contributed by atoms with Crippen LogP contribution in [-0.4, -0.2) is 35.6 Å². The molecule has 2 amide bonds. The average Bonchev–Trinajstić information content (AvgIpc) is 2.46. The molecule has 126 valence electrons. The molecule has 0 spiro atoms. The number of piperidine rings is 1. The topological polar surface area (TPSA) is 98.7 Å². The molecule has 1 aromatic rings. The molecule has 0 saturated carbocycles. The van der Waals surface area contributed by atoms with Crippen LogP contribution in [0.15, 0.2) is 18.2 Å². The van der Waals surface area contributed by atoms with E-state index in [2.05, 4.69) is 0 Å². The van der Waals surface area contributed by atoms with Gasteiger partial charge in [-0.05, 0) is 56.9 Å². The minimum absolute atomic E-state index is 0.00887. The molecular weight excluding hydrogens is 294 g/mol. The summed E-state index contributed by atoms with van der Waals surface area (Å²) in [4.78, 5) is 25.7. The van der Waals surface area contributed by atoms with Crippen molar-refractivity contribution in [1.29, 1.82) is 0 Å². The fourth-order valence-electron chi connectivity index (χ4n) is 3.00. The van der Waals surface area contributed by atoms with Crippen molar-refractivity contribution in [1.82, 2.24) is 4.90 Å². The molecule has 0 bridgehead atoms. The van der Waals surface area contributed by atoms with Gasteiger partial charge in [-0.15, -0.1) is 0 Å². The Hall–Kier alpha value is -2.24. The van der Waals surface area contributed by atoms with Gasteiger partial charge in [0.05, 0.1) is 0 Å². The Kier molecular flexibility index (Phi) is 5.13. The molecule has 0 aromatic heterocycles. The zero-order chi connectivity index (χ0) is 17.0. The number of hydrogen-bond acceptors (Lipinski definition) is 4. The number of nitrogen functional groups attached to an aromatic ring is 1. The van der Waals surface area contributed by atoms with Gasteiger partial charge in [0, 0.05) is 30.8 Å². The highest BCUT2D eigenvalue weighted by molar-refractivity contribution is 5.96. The molecule has 6 heteroatoms. The lowest BCUT2D eigenvalue weighted by Gasteiger charge is -2.29. The van der Waals surface area contributed by atoms with Crippen LogP contribution in [0.1, 0.15) is 49.0 Å². The molecule has 1 aliphatic heterocycles. The van der Waals surface area contributed by atoms with E-state index in [1.165, 1.54) is 0 Å². The predicted octanol–water partition coefficient (Wildman–Crippen LogP) is 2.31. The van der Waals surface area contributed by atoms with Crippen molar-refractivity contribution in [2.45, 2.75) is 45.1 Å². The van der Waals surface area contributed by atoms with Crippen molar-refractivity contribution in [3.8, 4) is 0 Å². The van der Waals surface area contributed by atoms with E-state index >= 15 is 0 Å². The summed E-state index contributed by atoms with van der Waals surface area (Å²) in [6.45, 7) is 5.08. The molecule has 0 atom stereocenters. The van der Waals surface area contributed by atoms with Crippen LogP contribution >= 0.6 is 0 Å². The average molecular weight is 319 g/mol. The fourth-order valence-corrected chi connectivity index (χ4v) is 3.00. The Balaban J connectivity index is 2.26. The summed E-state index contributed by atoms with van der Waals surface area (Å²) in [5, 5.41) is 0. The standard InChI is InChI=1S/C17H25N3O3/c1-17(2,23-16(19)22)11-12-10-13(18)6-7-14(12)15(21)20-8-4-3-5-9-20/h6-7,10H,3-5,8-9,11,18H2,1-2H3,(H2,19,22). The van der Waals surface area contributed by atoms with E-state index in [4.69, 9.17) is 16.2 Å². The van der Waals surface area contributed by atoms with E-state index in [-0.39, 0.29) is 5.91 Å². The molecule has 1 fully saturated rings. The van der Waals surface area contributed by atoms with Crippen molar-refractivity contribution in [2.75, 3.05) is 18.8 Å². The number of carbonyl (C=O) groups is 2. The number of ether oxygens (including phenoxy) is 1. The summed E-state index contributed by atoms with van der Waals surface area (Å²) in [6.07, 6.45) is 2.77. The summed E-state index contributed by atoms with van der Waals surface area (Å²) in [5.41, 5.74) is 12.1. The second-order valence-electron chi connectivity index (χ2n) is 6.63. The summed E-state index contributed by atoms with van der Waals surface area (Å²) >= 11 is 0. The van der Waals surface area contributed by atoms with Crippen LogP contribution in [0.2, 0.25) is 0 Å². The number of nitrogens with zero attached hydrogens (tertiary/aromatic N) is 1. The molecule has 1 aliphatic rings. The van der Waals surface area contributed by atoms with Crippen molar-refractivity contribution in [2.24, 2.45) is 5.73 Å². The minimum atomic E-state index is -0.831. The largest absolute Gasteiger partial charge is 0.443 e. The monoisotopic (exact) mass is 319 g/mol. The van der Waals surface area contributed by atoms with Crippen molar-refractivity contribution < 1.29 is 14.3 Å².